The molecule has 5 nitrogen and oxygen atoms in total. The second-order valence-electron chi connectivity index (χ2n) is 4.38. The molecule has 0 bridgehead atoms. The Bertz CT molecular complexity index is 517. The fourth-order valence-corrected chi connectivity index (χ4v) is 1.84. The molecule has 1 atom stereocenters. The quantitative estimate of drug-likeness (QED) is 0.743. The van der Waals surface area contributed by atoms with E-state index in [1.54, 1.807) is 0 Å². The Morgan fingerprint density at radius 2 is 2.26 bits per heavy atom. The Labute approximate surface area is 111 Å². The molecule has 0 fully saturated rings. The molecule has 0 aliphatic rings. The van der Waals surface area contributed by atoms with Gasteiger partial charge in [-0.2, -0.15) is 0 Å². The summed E-state index contributed by atoms with van der Waals surface area (Å²) in [7, 11) is 0. The van der Waals surface area contributed by atoms with Crippen molar-refractivity contribution in [1.82, 2.24) is 5.32 Å². The highest BCUT2D eigenvalue weighted by molar-refractivity contribution is 5.77. The number of nitrogens with one attached hydrogen (secondary N) is 1. The van der Waals surface area contributed by atoms with Crippen molar-refractivity contribution in [1.29, 1.82) is 0 Å². The first kappa shape index (κ1) is 13.6. The number of nitrogens with two attached hydrogens (primary N) is 1. The summed E-state index contributed by atoms with van der Waals surface area (Å²) in [5.41, 5.74) is 5.85. The maximum absolute atomic E-state index is 10.5. The molecule has 1 amide bonds. The molecule has 0 radical (unpaired) electrons. The van der Waals surface area contributed by atoms with E-state index in [0.717, 1.165) is 16.7 Å². The molecule has 1 aromatic carbocycles. The van der Waals surface area contributed by atoms with Crippen LogP contribution in [0.2, 0.25) is 0 Å². The number of ether oxygens (including phenoxy) is 1. The Balaban J connectivity index is 1.82. The molecule has 1 aromatic heterocycles. The van der Waals surface area contributed by atoms with E-state index in [-0.39, 0.29) is 12.6 Å². The number of hydrogen-bond acceptors (Lipinski definition) is 4. The summed E-state index contributed by atoms with van der Waals surface area (Å²) in [6, 6.07) is 10.0. The van der Waals surface area contributed by atoms with E-state index in [1.165, 1.54) is 0 Å². The lowest BCUT2D eigenvalue weighted by atomic mass is 10.2. The van der Waals surface area contributed by atoms with Gasteiger partial charge in [-0.1, -0.05) is 18.2 Å². The zero-order chi connectivity index (χ0) is 13.7. The second-order valence-corrected chi connectivity index (χ2v) is 4.38. The number of fused-ring (bicyclic) bond motifs is 1. The number of furan rings is 1. The molecule has 19 heavy (non-hydrogen) atoms. The van der Waals surface area contributed by atoms with Crippen LogP contribution in [0.5, 0.6) is 0 Å². The van der Waals surface area contributed by atoms with Crippen molar-refractivity contribution < 1.29 is 13.9 Å². The van der Waals surface area contributed by atoms with Crippen molar-refractivity contribution in [3.8, 4) is 0 Å². The van der Waals surface area contributed by atoms with Crippen LogP contribution in [0.1, 0.15) is 18.7 Å². The number of carbonyl (C=O) groups excluding carboxylic acids is 1. The van der Waals surface area contributed by atoms with E-state index >= 15 is 0 Å². The van der Waals surface area contributed by atoms with Gasteiger partial charge in [0.05, 0.1) is 12.6 Å². The molecule has 2 aromatic rings. The van der Waals surface area contributed by atoms with Gasteiger partial charge in [0.2, 0.25) is 5.91 Å². The van der Waals surface area contributed by atoms with Gasteiger partial charge >= 0.3 is 0 Å². The van der Waals surface area contributed by atoms with Gasteiger partial charge in [0.1, 0.15) is 18.0 Å². The topological polar surface area (TPSA) is 77.5 Å². The second kappa shape index (κ2) is 6.36. The molecule has 0 aliphatic heterocycles. The lowest BCUT2D eigenvalue weighted by Gasteiger charge is -2.10. The van der Waals surface area contributed by atoms with E-state index in [2.05, 4.69) is 5.32 Å². The summed E-state index contributed by atoms with van der Waals surface area (Å²) in [4.78, 5) is 10.5. The van der Waals surface area contributed by atoms with E-state index in [4.69, 9.17) is 14.9 Å². The summed E-state index contributed by atoms with van der Waals surface area (Å²) in [6.45, 7) is 3.05. The number of carbonyl (C=O) groups is 1. The predicted molar refractivity (Wildman–Crippen MR) is 72.6 cm³/mol. The smallest absolute Gasteiger partial charge is 0.243 e. The van der Waals surface area contributed by atoms with Crippen LogP contribution >= 0.6 is 0 Å². The molecular formula is C14H18N2O3. The van der Waals surface area contributed by atoms with Crippen LogP contribution in [0.15, 0.2) is 34.7 Å². The Hall–Kier alpha value is -1.85. The number of para-hydroxylation sites is 1. The minimum Gasteiger partial charge on any atom is -0.459 e. The zero-order valence-corrected chi connectivity index (χ0v) is 10.9. The van der Waals surface area contributed by atoms with Crippen molar-refractivity contribution in [2.75, 3.05) is 19.8 Å². The fraction of sp³-hybridized carbons (Fsp3) is 0.357. The Kier molecular flexibility index (Phi) is 4.54. The van der Waals surface area contributed by atoms with Crippen LogP contribution in [-0.4, -0.2) is 25.7 Å². The summed E-state index contributed by atoms with van der Waals surface area (Å²) in [5, 5.41) is 4.36. The number of rotatable bonds is 7. The van der Waals surface area contributed by atoms with Gasteiger partial charge in [-0.3, -0.25) is 4.79 Å². The number of benzene rings is 1. The van der Waals surface area contributed by atoms with Crippen molar-refractivity contribution >= 4 is 16.9 Å². The van der Waals surface area contributed by atoms with Gasteiger partial charge in [-0.15, -0.1) is 0 Å². The van der Waals surface area contributed by atoms with Crippen LogP contribution in [-0.2, 0) is 9.53 Å². The molecule has 2 rings (SSSR count). The molecule has 0 aliphatic carbocycles. The third kappa shape index (κ3) is 3.81. The van der Waals surface area contributed by atoms with E-state index in [1.807, 2.05) is 37.3 Å². The molecule has 3 N–H and O–H groups in total. The lowest BCUT2D eigenvalue weighted by Crippen LogP contribution is -2.25. The van der Waals surface area contributed by atoms with Gasteiger partial charge in [-0.05, 0) is 19.1 Å². The standard InChI is InChI=1S/C14H18N2O3/c1-10(16-6-7-18-9-14(15)17)13-8-11-4-2-3-5-12(11)19-13/h2-5,8,10,16H,6-7,9H2,1H3,(H2,15,17). The molecule has 0 spiro atoms. The van der Waals surface area contributed by atoms with E-state index in [9.17, 15) is 4.79 Å². The number of hydrogen-bond donors (Lipinski definition) is 2. The summed E-state index contributed by atoms with van der Waals surface area (Å²) < 4.78 is 10.8. The van der Waals surface area contributed by atoms with Crippen molar-refractivity contribution in [3.63, 3.8) is 0 Å². The first-order chi connectivity index (χ1) is 9.16. The van der Waals surface area contributed by atoms with Gasteiger partial charge < -0.3 is 20.2 Å². The third-order valence-electron chi connectivity index (χ3n) is 2.81. The average molecular weight is 262 g/mol. The monoisotopic (exact) mass is 262 g/mol. The largest absolute Gasteiger partial charge is 0.459 e. The van der Waals surface area contributed by atoms with Gasteiger partial charge in [0.15, 0.2) is 0 Å². The molecule has 1 heterocycles. The highest BCUT2D eigenvalue weighted by Gasteiger charge is 2.10. The number of primary amides is 1. The van der Waals surface area contributed by atoms with Gasteiger partial charge in [-0.25, -0.2) is 0 Å². The van der Waals surface area contributed by atoms with Crippen molar-refractivity contribution in [3.05, 3.63) is 36.1 Å². The SMILES string of the molecule is CC(NCCOCC(N)=O)c1cc2ccccc2o1. The van der Waals surface area contributed by atoms with Crippen LogP contribution in [0.25, 0.3) is 11.0 Å². The molecule has 0 saturated heterocycles. The maximum Gasteiger partial charge on any atom is 0.243 e. The Morgan fingerprint density at radius 3 is 3.00 bits per heavy atom. The first-order valence-electron chi connectivity index (χ1n) is 6.24. The summed E-state index contributed by atoms with van der Waals surface area (Å²) in [6.07, 6.45) is 0. The highest BCUT2D eigenvalue weighted by atomic mass is 16.5. The normalized spacial score (nSPS) is 12.7. The first-order valence-corrected chi connectivity index (χ1v) is 6.24. The highest BCUT2D eigenvalue weighted by Crippen LogP contribution is 2.23. The molecular weight excluding hydrogens is 244 g/mol. The minimum absolute atomic E-state index is 0.0410. The number of amides is 1. The van der Waals surface area contributed by atoms with E-state index in [0.29, 0.717) is 13.2 Å². The zero-order valence-electron chi connectivity index (χ0n) is 10.9. The molecule has 102 valence electrons. The van der Waals surface area contributed by atoms with Crippen LogP contribution in [0.3, 0.4) is 0 Å². The van der Waals surface area contributed by atoms with E-state index < -0.39 is 5.91 Å². The maximum atomic E-state index is 10.5. The van der Waals surface area contributed by atoms with Crippen molar-refractivity contribution in [2.24, 2.45) is 5.73 Å². The summed E-state index contributed by atoms with van der Waals surface area (Å²) >= 11 is 0. The average Bonchev–Trinajstić information content (AvgIpc) is 2.81. The fourth-order valence-electron chi connectivity index (χ4n) is 1.84. The Morgan fingerprint density at radius 1 is 1.47 bits per heavy atom. The molecule has 1 unspecified atom stereocenters. The van der Waals surface area contributed by atoms with Crippen LogP contribution in [0.4, 0.5) is 0 Å². The predicted octanol–water partition coefficient (Wildman–Crippen LogP) is 1.59. The minimum atomic E-state index is -0.453. The van der Waals surface area contributed by atoms with Gasteiger partial charge in [0.25, 0.3) is 0 Å². The molecule has 5 heteroatoms. The molecule has 0 saturated carbocycles. The van der Waals surface area contributed by atoms with Gasteiger partial charge in [0, 0.05) is 11.9 Å². The van der Waals surface area contributed by atoms with Crippen LogP contribution < -0.4 is 11.1 Å². The van der Waals surface area contributed by atoms with Crippen LogP contribution in [0, 0.1) is 0 Å². The third-order valence-corrected chi connectivity index (χ3v) is 2.81. The summed E-state index contributed by atoms with van der Waals surface area (Å²) in [5.74, 6) is 0.432. The van der Waals surface area contributed by atoms with Crippen molar-refractivity contribution in [2.45, 2.75) is 13.0 Å². The lowest BCUT2D eigenvalue weighted by molar-refractivity contribution is -0.122.